The molecule has 0 heterocycles. The molecule has 2 aromatic rings. The Morgan fingerprint density at radius 3 is 2.42 bits per heavy atom. The molecule has 2 atom stereocenters. The number of ether oxygens (including phenoxy) is 2. The van der Waals surface area contributed by atoms with Crippen molar-refractivity contribution in [2.24, 2.45) is 0 Å². The lowest BCUT2D eigenvalue weighted by Gasteiger charge is -2.19. The number of nitro benzene ring substituents is 1. The summed E-state index contributed by atoms with van der Waals surface area (Å²) in [4.78, 5) is 22.9. The van der Waals surface area contributed by atoms with Crippen LogP contribution in [0.4, 0.5) is 10.1 Å². The number of hydrogen-bond acceptors (Lipinski definition) is 5. The predicted molar refractivity (Wildman–Crippen MR) is 92.7 cm³/mol. The first kappa shape index (κ1) is 19.2. The highest BCUT2D eigenvalue weighted by Crippen LogP contribution is 2.31. The van der Waals surface area contributed by atoms with Crippen LogP contribution in [-0.4, -0.2) is 24.0 Å². The Labute approximate surface area is 149 Å². The summed E-state index contributed by atoms with van der Waals surface area (Å²) in [6.07, 6.45) is -0.968. The van der Waals surface area contributed by atoms with Crippen LogP contribution in [0.25, 0.3) is 0 Å². The van der Waals surface area contributed by atoms with Crippen LogP contribution in [0.15, 0.2) is 42.5 Å². The molecule has 138 valence electrons. The number of hydrogen-bond donors (Lipinski definition) is 1. The molecule has 7 nitrogen and oxygen atoms in total. The molecule has 0 aliphatic carbocycles. The number of nitrogens with zero attached hydrogens (tertiary/aromatic N) is 1. The van der Waals surface area contributed by atoms with Crippen molar-refractivity contribution in [3.8, 4) is 11.5 Å². The van der Waals surface area contributed by atoms with E-state index in [2.05, 4.69) is 5.32 Å². The van der Waals surface area contributed by atoms with Crippen LogP contribution in [-0.2, 0) is 4.79 Å². The molecule has 0 fully saturated rings. The van der Waals surface area contributed by atoms with Crippen LogP contribution in [0.2, 0.25) is 0 Å². The maximum atomic E-state index is 13.0. The summed E-state index contributed by atoms with van der Waals surface area (Å²) >= 11 is 0. The summed E-state index contributed by atoms with van der Waals surface area (Å²) in [5.74, 6) is -0.540. The minimum atomic E-state index is -0.968. The lowest BCUT2D eigenvalue weighted by Crippen LogP contribution is -2.37. The lowest BCUT2D eigenvalue weighted by molar-refractivity contribution is -0.386. The summed E-state index contributed by atoms with van der Waals surface area (Å²) in [6.45, 7) is 3.23. The molecule has 0 radical (unpaired) electrons. The quantitative estimate of drug-likeness (QED) is 0.602. The molecule has 26 heavy (non-hydrogen) atoms. The fourth-order valence-corrected chi connectivity index (χ4v) is 2.28. The zero-order valence-corrected chi connectivity index (χ0v) is 14.6. The van der Waals surface area contributed by atoms with Gasteiger partial charge in [-0.25, -0.2) is 4.39 Å². The number of carbonyl (C=O) groups is 1. The third kappa shape index (κ3) is 4.69. The van der Waals surface area contributed by atoms with E-state index < -0.39 is 16.9 Å². The number of nitro groups is 1. The summed E-state index contributed by atoms with van der Waals surface area (Å²) in [7, 11) is 1.40. The van der Waals surface area contributed by atoms with E-state index in [0.717, 1.165) is 5.56 Å². The van der Waals surface area contributed by atoms with Gasteiger partial charge in [-0.05, 0) is 43.7 Å². The topological polar surface area (TPSA) is 90.7 Å². The molecular weight excluding hydrogens is 343 g/mol. The van der Waals surface area contributed by atoms with Crippen molar-refractivity contribution in [1.82, 2.24) is 5.32 Å². The van der Waals surface area contributed by atoms with Crippen molar-refractivity contribution in [1.29, 1.82) is 0 Å². The number of rotatable bonds is 7. The average molecular weight is 362 g/mol. The van der Waals surface area contributed by atoms with Crippen molar-refractivity contribution in [3.63, 3.8) is 0 Å². The number of methoxy groups -OCH3 is 1. The Morgan fingerprint density at radius 1 is 1.19 bits per heavy atom. The van der Waals surface area contributed by atoms with Gasteiger partial charge in [0.1, 0.15) is 11.6 Å². The van der Waals surface area contributed by atoms with Gasteiger partial charge in [0.2, 0.25) is 0 Å². The van der Waals surface area contributed by atoms with E-state index in [-0.39, 0.29) is 23.3 Å². The highest BCUT2D eigenvalue weighted by Gasteiger charge is 2.23. The number of halogens is 1. The zero-order valence-electron chi connectivity index (χ0n) is 14.6. The van der Waals surface area contributed by atoms with Crippen LogP contribution < -0.4 is 14.8 Å². The van der Waals surface area contributed by atoms with Crippen LogP contribution in [0.1, 0.15) is 25.5 Å². The van der Waals surface area contributed by atoms with Gasteiger partial charge in [0.15, 0.2) is 11.9 Å². The summed E-state index contributed by atoms with van der Waals surface area (Å²) < 4.78 is 23.4. The molecule has 0 saturated heterocycles. The first-order valence-corrected chi connectivity index (χ1v) is 7.86. The Morgan fingerprint density at radius 2 is 1.85 bits per heavy atom. The summed E-state index contributed by atoms with van der Waals surface area (Å²) in [5.41, 5.74) is 0.429. The van der Waals surface area contributed by atoms with Crippen LogP contribution in [0.3, 0.4) is 0 Å². The van der Waals surface area contributed by atoms with Crippen LogP contribution in [0.5, 0.6) is 11.5 Å². The summed E-state index contributed by atoms with van der Waals surface area (Å²) in [6, 6.07) is 9.48. The van der Waals surface area contributed by atoms with Crippen molar-refractivity contribution in [2.75, 3.05) is 7.11 Å². The molecule has 0 saturated carbocycles. The molecule has 0 aliphatic heterocycles. The van der Waals surface area contributed by atoms with Crippen molar-refractivity contribution in [2.45, 2.75) is 26.0 Å². The first-order valence-electron chi connectivity index (χ1n) is 7.86. The van der Waals surface area contributed by atoms with E-state index in [1.54, 1.807) is 19.1 Å². The summed E-state index contributed by atoms with van der Waals surface area (Å²) in [5, 5.41) is 13.9. The molecule has 0 bridgehead atoms. The van der Waals surface area contributed by atoms with Gasteiger partial charge < -0.3 is 14.8 Å². The average Bonchev–Trinajstić information content (AvgIpc) is 2.62. The van der Waals surface area contributed by atoms with Crippen molar-refractivity contribution < 1.29 is 23.6 Å². The predicted octanol–water partition coefficient (Wildman–Crippen LogP) is 3.39. The molecule has 2 rings (SSSR count). The maximum Gasteiger partial charge on any atom is 0.314 e. The van der Waals surface area contributed by atoms with Gasteiger partial charge in [-0.1, -0.05) is 12.1 Å². The number of nitrogens with one attached hydrogen (secondary N) is 1. The van der Waals surface area contributed by atoms with E-state index in [1.807, 2.05) is 0 Å². The zero-order chi connectivity index (χ0) is 19.3. The van der Waals surface area contributed by atoms with Gasteiger partial charge in [-0.15, -0.1) is 0 Å². The van der Waals surface area contributed by atoms with Gasteiger partial charge in [0, 0.05) is 0 Å². The monoisotopic (exact) mass is 362 g/mol. The molecule has 0 aliphatic rings. The minimum Gasteiger partial charge on any atom is -0.496 e. The second-order valence-electron chi connectivity index (χ2n) is 5.63. The largest absolute Gasteiger partial charge is 0.496 e. The second kappa shape index (κ2) is 8.28. The second-order valence-corrected chi connectivity index (χ2v) is 5.63. The molecule has 0 aromatic heterocycles. The van der Waals surface area contributed by atoms with E-state index in [0.29, 0.717) is 5.75 Å². The fourth-order valence-electron chi connectivity index (χ4n) is 2.28. The Bertz CT molecular complexity index is 795. The van der Waals surface area contributed by atoms with Gasteiger partial charge in [0.25, 0.3) is 5.91 Å². The van der Waals surface area contributed by atoms with Gasteiger partial charge in [-0.3, -0.25) is 14.9 Å². The number of benzene rings is 2. The maximum absolute atomic E-state index is 13.0. The minimum absolute atomic E-state index is 0.0344. The first-order chi connectivity index (χ1) is 12.3. The fraction of sp³-hybridized carbons (Fsp3) is 0.278. The molecule has 1 N–H and O–H groups in total. The molecular formula is C18H19FN2O5. The molecule has 1 amide bonds. The van der Waals surface area contributed by atoms with E-state index in [4.69, 9.17) is 9.47 Å². The highest BCUT2D eigenvalue weighted by atomic mass is 19.1. The van der Waals surface area contributed by atoms with E-state index >= 15 is 0 Å². The Hall–Kier alpha value is -3.16. The molecule has 2 unspecified atom stereocenters. The standard InChI is InChI=1S/C18H19FN2O5/c1-11(13-4-6-14(19)7-5-13)20-18(22)12(2)26-17-9-8-15(25-3)10-16(17)21(23)24/h4-12H,1-3H3,(H,20,22). The van der Waals surface area contributed by atoms with Gasteiger partial charge in [0.05, 0.1) is 24.1 Å². The van der Waals surface area contributed by atoms with Gasteiger partial charge >= 0.3 is 5.69 Å². The number of carbonyl (C=O) groups excluding carboxylic acids is 1. The normalized spacial score (nSPS) is 12.8. The smallest absolute Gasteiger partial charge is 0.314 e. The SMILES string of the molecule is COc1ccc(OC(C)C(=O)NC(C)c2ccc(F)cc2)c([N+](=O)[O-])c1. The lowest BCUT2D eigenvalue weighted by atomic mass is 10.1. The van der Waals surface area contributed by atoms with Crippen molar-refractivity contribution >= 4 is 11.6 Å². The van der Waals surface area contributed by atoms with E-state index in [1.165, 1.54) is 44.4 Å². The molecule has 8 heteroatoms. The van der Waals surface area contributed by atoms with E-state index in [9.17, 15) is 19.3 Å². The molecule has 0 spiro atoms. The highest BCUT2D eigenvalue weighted by molar-refractivity contribution is 5.81. The van der Waals surface area contributed by atoms with Crippen LogP contribution >= 0.6 is 0 Å². The Kier molecular flexibility index (Phi) is 6.11. The third-order valence-electron chi connectivity index (χ3n) is 3.76. The Balaban J connectivity index is 2.07. The van der Waals surface area contributed by atoms with Gasteiger partial charge in [-0.2, -0.15) is 0 Å². The van der Waals surface area contributed by atoms with Crippen LogP contribution in [0, 0.1) is 15.9 Å². The third-order valence-corrected chi connectivity index (χ3v) is 3.76. The molecule has 2 aromatic carbocycles. The van der Waals surface area contributed by atoms with Crippen molar-refractivity contribution in [3.05, 3.63) is 64.0 Å². The number of amides is 1.